The Morgan fingerprint density at radius 1 is 1.15 bits per heavy atom. The van der Waals surface area contributed by atoms with Gasteiger partial charge in [0.1, 0.15) is 11.5 Å². The molecule has 1 unspecified atom stereocenters. The predicted octanol–water partition coefficient (Wildman–Crippen LogP) is 4.08. The number of likely N-dealkylation sites (tertiary alicyclic amines) is 1. The minimum absolute atomic E-state index is 0.125. The van der Waals surface area contributed by atoms with Gasteiger partial charge in [-0.05, 0) is 67.7 Å². The Morgan fingerprint density at radius 3 is 2.64 bits per heavy atom. The Labute approximate surface area is 195 Å². The van der Waals surface area contributed by atoms with Gasteiger partial charge in [-0.1, -0.05) is 38.1 Å². The smallest absolute Gasteiger partial charge is 0.295 e. The fourth-order valence-corrected chi connectivity index (χ4v) is 4.78. The Bertz CT molecular complexity index is 1090. The van der Waals surface area contributed by atoms with E-state index in [-0.39, 0.29) is 11.3 Å². The van der Waals surface area contributed by atoms with Gasteiger partial charge in [0.15, 0.2) is 0 Å². The first-order valence-electron chi connectivity index (χ1n) is 11.8. The topological polar surface area (TPSA) is 70.1 Å². The van der Waals surface area contributed by atoms with Crippen LogP contribution in [0.25, 0.3) is 5.76 Å². The highest BCUT2D eigenvalue weighted by atomic mass is 16.5. The second kappa shape index (κ2) is 9.79. The number of likely N-dealkylation sites (N-methyl/N-ethyl adjacent to an activating group) is 1. The lowest BCUT2D eigenvalue weighted by molar-refractivity contribution is -0.140. The second-order valence-electron chi connectivity index (χ2n) is 8.65. The van der Waals surface area contributed by atoms with Crippen LogP contribution in [0.1, 0.15) is 48.6 Å². The minimum Gasteiger partial charge on any atom is -0.507 e. The summed E-state index contributed by atoms with van der Waals surface area (Å²) in [4.78, 5) is 30.3. The van der Waals surface area contributed by atoms with E-state index in [1.165, 1.54) is 0 Å². The summed E-state index contributed by atoms with van der Waals surface area (Å²) in [5.74, 6) is -0.499. The predicted molar refractivity (Wildman–Crippen MR) is 128 cm³/mol. The van der Waals surface area contributed by atoms with Crippen LogP contribution in [-0.4, -0.2) is 59.4 Å². The zero-order valence-electron chi connectivity index (χ0n) is 19.6. The van der Waals surface area contributed by atoms with Crippen molar-refractivity contribution >= 4 is 17.4 Å². The maximum absolute atomic E-state index is 13.3. The van der Waals surface area contributed by atoms with Crippen molar-refractivity contribution in [2.45, 2.75) is 39.7 Å². The van der Waals surface area contributed by atoms with Gasteiger partial charge in [-0.15, -0.1) is 0 Å². The largest absolute Gasteiger partial charge is 0.507 e. The molecule has 2 aliphatic heterocycles. The summed E-state index contributed by atoms with van der Waals surface area (Å²) in [6.45, 7) is 9.63. The monoisotopic (exact) mass is 448 g/mol. The average Bonchev–Trinajstić information content (AvgIpc) is 3.09. The van der Waals surface area contributed by atoms with Gasteiger partial charge >= 0.3 is 0 Å². The molecule has 0 aliphatic carbocycles. The molecule has 0 radical (unpaired) electrons. The molecule has 2 aliphatic rings. The highest BCUT2D eigenvalue weighted by Gasteiger charge is 2.46. The molecule has 1 amide bonds. The summed E-state index contributed by atoms with van der Waals surface area (Å²) >= 11 is 0. The van der Waals surface area contributed by atoms with Gasteiger partial charge in [-0.25, -0.2) is 0 Å². The summed E-state index contributed by atoms with van der Waals surface area (Å²) < 4.78 is 5.69. The highest BCUT2D eigenvalue weighted by Crippen LogP contribution is 2.41. The number of aliphatic hydroxyl groups is 1. The number of aliphatic hydroxyl groups excluding tert-OH is 1. The number of aryl methyl sites for hydroxylation is 2. The van der Waals surface area contributed by atoms with Crippen LogP contribution in [0.3, 0.4) is 0 Å². The SMILES string of the molecule is CCN(CC)CCN1C(=O)C(=O)/C(=C(/O)c2ccc3c(c2)CCCO3)C1c1ccccc1C. The molecule has 2 aromatic carbocycles. The molecule has 1 fully saturated rings. The van der Waals surface area contributed by atoms with Gasteiger partial charge < -0.3 is 19.6 Å². The fourth-order valence-electron chi connectivity index (χ4n) is 4.78. The summed E-state index contributed by atoms with van der Waals surface area (Å²) in [6.07, 6.45) is 1.77. The van der Waals surface area contributed by atoms with E-state index in [0.717, 1.165) is 48.4 Å². The molecule has 2 aromatic rings. The number of fused-ring (bicyclic) bond motifs is 1. The maximum Gasteiger partial charge on any atom is 0.295 e. The molecule has 174 valence electrons. The molecule has 1 N–H and O–H groups in total. The molecule has 1 atom stereocenters. The van der Waals surface area contributed by atoms with Gasteiger partial charge in [-0.3, -0.25) is 9.59 Å². The molecule has 1 saturated heterocycles. The van der Waals surface area contributed by atoms with Crippen LogP contribution in [0.5, 0.6) is 5.75 Å². The summed E-state index contributed by atoms with van der Waals surface area (Å²) in [5, 5.41) is 11.3. The lowest BCUT2D eigenvalue weighted by Crippen LogP contribution is -2.38. The van der Waals surface area contributed by atoms with E-state index < -0.39 is 17.7 Å². The van der Waals surface area contributed by atoms with Gasteiger partial charge in [-0.2, -0.15) is 0 Å². The Hall–Kier alpha value is -3.12. The van der Waals surface area contributed by atoms with E-state index in [2.05, 4.69) is 18.7 Å². The molecule has 33 heavy (non-hydrogen) atoms. The molecule has 6 nitrogen and oxygen atoms in total. The number of nitrogens with zero attached hydrogens (tertiary/aromatic N) is 2. The summed E-state index contributed by atoms with van der Waals surface area (Å²) in [5.41, 5.74) is 3.54. The number of benzene rings is 2. The van der Waals surface area contributed by atoms with Crippen molar-refractivity contribution in [2.24, 2.45) is 0 Å². The first-order chi connectivity index (χ1) is 16.0. The van der Waals surface area contributed by atoms with Crippen LogP contribution in [0.2, 0.25) is 0 Å². The Balaban J connectivity index is 1.80. The molecular formula is C27H32N2O4. The standard InChI is InChI=1S/C27H32N2O4/c1-4-28(5-2)14-15-29-24(21-11-7-6-9-18(21)3)23(26(31)27(29)32)25(30)20-12-13-22-19(17-20)10-8-16-33-22/h6-7,9,11-13,17,24,30H,4-5,8,10,14-16H2,1-3H3/b25-23+. The van der Waals surface area contributed by atoms with E-state index in [1.807, 2.05) is 43.3 Å². The third-order valence-electron chi connectivity index (χ3n) is 6.76. The van der Waals surface area contributed by atoms with Crippen LogP contribution in [0.15, 0.2) is 48.0 Å². The third kappa shape index (κ3) is 4.40. The van der Waals surface area contributed by atoms with Crippen LogP contribution in [-0.2, 0) is 16.0 Å². The number of rotatable bonds is 7. The van der Waals surface area contributed by atoms with Crippen molar-refractivity contribution in [1.29, 1.82) is 0 Å². The number of ether oxygens (including phenoxy) is 1. The first kappa shape index (κ1) is 23.1. The molecule has 4 rings (SSSR count). The quantitative estimate of drug-likeness (QED) is 0.393. The van der Waals surface area contributed by atoms with Gasteiger partial charge in [0.25, 0.3) is 11.7 Å². The fraction of sp³-hybridized carbons (Fsp3) is 0.407. The summed E-state index contributed by atoms with van der Waals surface area (Å²) in [7, 11) is 0. The Kier molecular flexibility index (Phi) is 6.84. The van der Waals surface area contributed by atoms with E-state index in [0.29, 0.717) is 25.3 Å². The Morgan fingerprint density at radius 2 is 1.91 bits per heavy atom. The van der Waals surface area contributed by atoms with Crippen molar-refractivity contribution in [2.75, 3.05) is 32.8 Å². The van der Waals surface area contributed by atoms with Gasteiger partial charge in [0, 0.05) is 18.7 Å². The molecule has 0 bridgehead atoms. The van der Waals surface area contributed by atoms with Crippen LogP contribution in [0.4, 0.5) is 0 Å². The third-order valence-corrected chi connectivity index (χ3v) is 6.76. The van der Waals surface area contributed by atoms with Crippen LogP contribution in [0, 0.1) is 6.92 Å². The number of hydrogen-bond donors (Lipinski definition) is 1. The van der Waals surface area contributed by atoms with Crippen molar-refractivity contribution < 1.29 is 19.4 Å². The second-order valence-corrected chi connectivity index (χ2v) is 8.65. The van der Waals surface area contributed by atoms with E-state index in [4.69, 9.17) is 4.74 Å². The first-order valence-corrected chi connectivity index (χ1v) is 11.8. The van der Waals surface area contributed by atoms with Crippen LogP contribution < -0.4 is 4.74 Å². The zero-order chi connectivity index (χ0) is 23.5. The van der Waals surface area contributed by atoms with Crippen molar-refractivity contribution in [3.8, 4) is 5.75 Å². The van der Waals surface area contributed by atoms with Gasteiger partial charge in [0.05, 0.1) is 18.2 Å². The molecular weight excluding hydrogens is 416 g/mol. The van der Waals surface area contributed by atoms with Crippen molar-refractivity contribution in [1.82, 2.24) is 9.80 Å². The van der Waals surface area contributed by atoms with Crippen molar-refractivity contribution in [3.05, 3.63) is 70.3 Å². The number of hydrogen-bond acceptors (Lipinski definition) is 5. The number of carbonyl (C=O) groups is 2. The molecule has 0 spiro atoms. The van der Waals surface area contributed by atoms with E-state index >= 15 is 0 Å². The number of Topliss-reactive ketones (excluding diaryl/α,β-unsaturated/α-hetero) is 1. The lowest BCUT2D eigenvalue weighted by Gasteiger charge is -2.29. The molecule has 0 aromatic heterocycles. The van der Waals surface area contributed by atoms with Crippen molar-refractivity contribution in [3.63, 3.8) is 0 Å². The number of amides is 1. The normalized spacial score (nSPS) is 19.6. The maximum atomic E-state index is 13.3. The number of carbonyl (C=O) groups excluding carboxylic acids is 2. The highest BCUT2D eigenvalue weighted by molar-refractivity contribution is 6.46. The molecule has 0 saturated carbocycles. The van der Waals surface area contributed by atoms with E-state index in [9.17, 15) is 14.7 Å². The lowest BCUT2D eigenvalue weighted by atomic mass is 9.92. The number of ketones is 1. The van der Waals surface area contributed by atoms with Crippen LogP contribution >= 0.6 is 0 Å². The van der Waals surface area contributed by atoms with Gasteiger partial charge in [0.2, 0.25) is 0 Å². The van der Waals surface area contributed by atoms with E-state index in [1.54, 1.807) is 11.0 Å². The minimum atomic E-state index is -0.630. The average molecular weight is 449 g/mol. The zero-order valence-corrected chi connectivity index (χ0v) is 19.6. The summed E-state index contributed by atoms with van der Waals surface area (Å²) in [6, 6.07) is 12.6. The molecule has 2 heterocycles. The molecule has 6 heteroatoms.